The summed E-state index contributed by atoms with van der Waals surface area (Å²) in [4.78, 5) is 3.86. The Morgan fingerprint density at radius 2 is 1.89 bits per heavy atom. The van der Waals surface area contributed by atoms with Gasteiger partial charge in [0.2, 0.25) is 0 Å². The van der Waals surface area contributed by atoms with E-state index in [1.165, 1.54) is 24.4 Å². The maximum absolute atomic E-state index is 13.6. The van der Waals surface area contributed by atoms with E-state index in [2.05, 4.69) is 15.2 Å². The van der Waals surface area contributed by atoms with E-state index in [-0.39, 0.29) is 17.1 Å². The normalized spacial score (nSPS) is 11.1. The quantitative estimate of drug-likeness (QED) is 0.725. The molecule has 0 fully saturated rings. The molecule has 2 heterocycles. The molecule has 0 saturated carbocycles. The van der Waals surface area contributed by atoms with Crippen molar-refractivity contribution in [1.82, 2.24) is 19.6 Å². The Balaban J connectivity index is 2.09. The molecule has 3 rings (SSSR count). The summed E-state index contributed by atoms with van der Waals surface area (Å²) in [5, 5.41) is 7.93. The third kappa shape index (κ3) is 2.04. The first-order valence-corrected chi connectivity index (χ1v) is 5.81. The highest BCUT2D eigenvalue weighted by Gasteiger charge is 2.14. The van der Waals surface area contributed by atoms with Crippen LogP contribution in [0.3, 0.4) is 0 Å². The number of hydrogen-bond acceptors (Lipinski definition) is 3. The van der Waals surface area contributed by atoms with Gasteiger partial charge in [0.05, 0.1) is 0 Å². The molecule has 19 heavy (non-hydrogen) atoms. The molecular formula is C12H7ClF2N4. The summed E-state index contributed by atoms with van der Waals surface area (Å²) in [6.07, 6.45) is 3.05. The Labute approximate surface area is 111 Å². The van der Waals surface area contributed by atoms with Crippen LogP contribution in [-0.4, -0.2) is 19.6 Å². The predicted molar refractivity (Wildman–Crippen MR) is 65.0 cm³/mol. The Kier molecular flexibility index (Phi) is 2.87. The fraction of sp³-hybridized carbons (Fsp3) is 0.0833. The molecule has 0 bridgehead atoms. The maximum atomic E-state index is 13.6. The fourth-order valence-electron chi connectivity index (χ4n) is 1.82. The third-order valence-corrected chi connectivity index (χ3v) is 3.02. The summed E-state index contributed by atoms with van der Waals surface area (Å²) >= 11 is 5.85. The van der Waals surface area contributed by atoms with E-state index in [4.69, 9.17) is 11.6 Å². The molecule has 0 saturated heterocycles. The van der Waals surface area contributed by atoms with Gasteiger partial charge in [0.15, 0.2) is 10.8 Å². The smallest absolute Gasteiger partial charge is 0.198 e. The van der Waals surface area contributed by atoms with Gasteiger partial charge in [-0.25, -0.2) is 13.8 Å². The SMILES string of the molecule is Fc1cccc(F)c1Cc1nnc2c(Cl)nccn12. The van der Waals surface area contributed by atoms with Gasteiger partial charge < -0.3 is 0 Å². The lowest BCUT2D eigenvalue weighted by molar-refractivity contribution is 0.558. The summed E-state index contributed by atoms with van der Waals surface area (Å²) in [5.74, 6) is -0.836. The van der Waals surface area contributed by atoms with Gasteiger partial charge in [-0.1, -0.05) is 17.7 Å². The average molecular weight is 281 g/mol. The average Bonchev–Trinajstić information content (AvgIpc) is 2.79. The summed E-state index contributed by atoms with van der Waals surface area (Å²) in [6.45, 7) is 0. The van der Waals surface area contributed by atoms with Crippen LogP contribution in [-0.2, 0) is 6.42 Å². The minimum absolute atomic E-state index is 0.0139. The fourth-order valence-corrected chi connectivity index (χ4v) is 2.01. The van der Waals surface area contributed by atoms with Crippen molar-refractivity contribution in [3.63, 3.8) is 0 Å². The molecule has 2 aromatic heterocycles. The Hall–Kier alpha value is -2.08. The van der Waals surface area contributed by atoms with Crippen LogP contribution in [0, 0.1) is 11.6 Å². The molecule has 0 amide bonds. The van der Waals surface area contributed by atoms with Crippen LogP contribution in [0.4, 0.5) is 8.78 Å². The molecule has 0 atom stereocenters. The topological polar surface area (TPSA) is 43.1 Å². The van der Waals surface area contributed by atoms with Gasteiger partial charge in [-0.15, -0.1) is 10.2 Å². The molecule has 1 aromatic carbocycles. The van der Waals surface area contributed by atoms with Gasteiger partial charge in [0, 0.05) is 24.4 Å². The van der Waals surface area contributed by atoms with Crippen molar-refractivity contribution in [3.05, 3.63) is 58.8 Å². The monoisotopic (exact) mass is 280 g/mol. The minimum Gasteiger partial charge on any atom is -0.282 e. The maximum Gasteiger partial charge on any atom is 0.198 e. The van der Waals surface area contributed by atoms with E-state index in [1.54, 1.807) is 10.6 Å². The molecule has 0 radical (unpaired) electrons. The molecule has 0 spiro atoms. The largest absolute Gasteiger partial charge is 0.282 e. The molecule has 0 unspecified atom stereocenters. The van der Waals surface area contributed by atoms with Gasteiger partial charge in [-0.2, -0.15) is 0 Å². The van der Waals surface area contributed by atoms with E-state index in [9.17, 15) is 8.78 Å². The van der Waals surface area contributed by atoms with Gasteiger partial charge >= 0.3 is 0 Å². The van der Waals surface area contributed by atoms with E-state index in [1.807, 2.05) is 0 Å². The van der Waals surface area contributed by atoms with Gasteiger partial charge in [0.1, 0.15) is 17.5 Å². The van der Waals surface area contributed by atoms with Crippen molar-refractivity contribution >= 4 is 17.2 Å². The highest BCUT2D eigenvalue weighted by Crippen LogP contribution is 2.18. The Bertz CT molecular complexity index is 736. The van der Waals surface area contributed by atoms with Crippen LogP contribution in [0.2, 0.25) is 5.15 Å². The van der Waals surface area contributed by atoms with Gasteiger partial charge in [-0.05, 0) is 12.1 Å². The second-order valence-electron chi connectivity index (χ2n) is 3.90. The van der Waals surface area contributed by atoms with E-state index < -0.39 is 11.6 Å². The number of hydrogen-bond donors (Lipinski definition) is 0. The lowest BCUT2D eigenvalue weighted by Gasteiger charge is -2.03. The number of aromatic nitrogens is 4. The molecule has 0 aliphatic rings. The van der Waals surface area contributed by atoms with Crippen LogP contribution in [0.5, 0.6) is 0 Å². The first-order valence-electron chi connectivity index (χ1n) is 5.44. The minimum atomic E-state index is -0.614. The molecular weight excluding hydrogens is 274 g/mol. The molecule has 3 aromatic rings. The van der Waals surface area contributed by atoms with Gasteiger partial charge in [-0.3, -0.25) is 4.40 Å². The van der Waals surface area contributed by atoms with Crippen LogP contribution in [0.25, 0.3) is 5.65 Å². The number of halogens is 3. The van der Waals surface area contributed by atoms with Crippen molar-refractivity contribution in [2.75, 3.05) is 0 Å². The number of benzene rings is 1. The van der Waals surface area contributed by atoms with Gasteiger partial charge in [0.25, 0.3) is 0 Å². The zero-order chi connectivity index (χ0) is 13.4. The lowest BCUT2D eigenvalue weighted by Crippen LogP contribution is -2.01. The first kappa shape index (κ1) is 12.0. The van der Waals surface area contributed by atoms with Crippen molar-refractivity contribution < 1.29 is 8.78 Å². The predicted octanol–water partition coefficient (Wildman–Crippen LogP) is 2.65. The Morgan fingerprint density at radius 3 is 2.63 bits per heavy atom. The summed E-state index contributed by atoms with van der Waals surface area (Å²) < 4.78 is 28.7. The van der Waals surface area contributed by atoms with Crippen molar-refractivity contribution in [2.24, 2.45) is 0 Å². The molecule has 4 nitrogen and oxygen atoms in total. The number of rotatable bonds is 2. The summed E-state index contributed by atoms with van der Waals surface area (Å²) in [5.41, 5.74) is 0.306. The van der Waals surface area contributed by atoms with Crippen LogP contribution >= 0.6 is 11.6 Å². The molecule has 0 aliphatic carbocycles. The zero-order valence-corrected chi connectivity index (χ0v) is 10.3. The van der Waals surface area contributed by atoms with Crippen molar-refractivity contribution in [1.29, 1.82) is 0 Å². The molecule has 7 heteroatoms. The molecule has 96 valence electrons. The van der Waals surface area contributed by atoms with Crippen molar-refractivity contribution in [2.45, 2.75) is 6.42 Å². The van der Waals surface area contributed by atoms with Crippen molar-refractivity contribution in [3.8, 4) is 0 Å². The first-order chi connectivity index (χ1) is 9.16. The zero-order valence-electron chi connectivity index (χ0n) is 9.52. The summed E-state index contributed by atoms with van der Waals surface area (Å²) in [6, 6.07) is 3.73. The highest BCUT2D eigenvalue weighted by molar-refractivity contribution is 6.32. The van der Waals surface area contributed by atoms with E-state index in [0.717, 1.165) is 0 Å². The second kappa shape index (κ2) is 4.55. The second-order valence-corrected chi connectivity index (χ2v) is 4.26. The third-order valence-electron chi connectivity index (χ3n) is 2.75. The lowest BCUT2D eigenvalue weighted by atomic mass is 10.1. The number of fused-ring (bicyclic) bond motifs is 1. The highest BCUT2D eigenvalue weighted by atomic mass is 35.5. The van der Waals surface area contributed by atoms with Crippen LogP contribution in [0.15, 0.2) is 30.6 Å². The standard InChI is InChI=1S/C12H7ClF2N4/c13-11-12-18-17-10(19(12)5-4-16-11)6-7-8(14)2-1-3-9(7)15/h1-5H,6H2. The van der Waals surface area contributed by atoms with Crippen LogP contribution < -0.4 is 0 Å². The molecule has 0 aliphatic heterocycles. The Morgan fingerprint density at radius 1 is 1.16 bits per heavy atom. The summed E-state index contributed by atoms with van der Waals surface area (Å²) in [7, 11) is 0. The van der Waals surface area contributed by atoms with E-state index in [0.29, 0.717) is 11.5 Å². The number of nitrogens with zero attached hydrogens (tertiary/aromatic N) is 4. The van der Waals surface area contributed by atoms with E-state index >= 15 is 0 Å². The molecule has 0 N–H and O–H groups in total. The van der Waals surface area contributed by atoms with Crippen LogP contribution in [0.1, 0.15) is 11.4 Å².